The van der Waals surface area contributed by atoms with Crippen molar-refractivity contribution in [2.75, 3.05) is 11.1 Å². The molecular formula is C14H18N4. The summed E-state index contributed by atoms with van der Waals surface area (Å²) < 4.78 is 0. The van der Waals surface area contributed by atoms with Crippen molar-refractivity contribution in [3.63, 3.8) is 0 Å². The minimum Gasteiger partial charge on any atom is -0.399 e. The van der Waals surface area contributed by atoms with Gasteiger partial charge in [0.15, 0.2) is 5.82 Å². The Balaban J connectivity index is 2.16. The van der Waals surface area contributed by atoms with Crippen LogP contribution < -0.4 is 11.1 Å². The first-order valence-electron chi connectivity index (χ1n) is 5.92. The summed E-state index contributed by atoms with van der Waals surface area (Å²) in [4.78, 5) is 0. The maximum atomic E-state index is 5.72. The summed E-state index contributed by atoms with van der Waals surface area (Å²) in [5.41, 5.74) is 8.34. The number of anilines is 3. The molecule has 0 atom stereocenters. The van der Waals surface area contributed by atoms with Crippen molar-refractivity contribution < 1.29 is 0 Å². The normalized spacial score (nSPS) is 11.3. The van der Waals surface area contributed by atoms with E-state index >= 15 is 0 Å². The van der Waals surface area contributed by atoms with Crippen molar-refractivity contribution in [3.8, 4) is 0 Å². The highest BCUT2D eigenvalue weighted by molar-refractivity contribution is 5.60. The standard InChI is InChI=1S/C14H18N4/c1-14(2,3)12-7-8-13(18-17-12)16-11-6-4-5-10(15)9-11/h4-9H,15H2,1-3H3,(H,16,18). The molecule has 0 spiro atoms. The van der Waals surface area contributed by atoms with Gasteiger partial charge in [-0.2, -0.15) is 5.10 Å². The van der Waals surface area contributed by atoms with Gasteiger partial charge in [-0.15, -0.1) is 5.10 Å². The molecule has 1 aromatic carbocycles. The number of nitrogens with two attached hydrogens (primary N) is 1. The Labute approximate surface area is 107 Å². The lowest BCUT2D eigenvalue weighted by Gasteiger charge is -2.16. The summed E-state index contributed by atoms with van der Waals surface area (Å²) >= 11 is 0. The fraction of sp³-hybridized carbons (Fsp3) is 0.286. The molecule has 18 heavy (non-hydrogen) atoms. The van der Waals surface area contributed by atoms with Crippen molar-refractivity contribution in [2.24, 2.45) is 0 Å². The van der Waals surface area contributed by atoms with Crippen LogP contribution in [-0.2, 0) is 5.41 Å². The molecule has 0 unspecified atom stereocenters. The maximum Gasteiger partial charge on any atom is 0.153 e. The third-order valence-electron chi connectivity index (χ3n) is 2.59. The fourth-order valence-electron chi connectivity index (χ4n) is 1.56. The average molecular weight is 242 g/mol. The fourth-order valence-corrected chi connectivity index (χ4v) is 1.56. The predicted molar refractivity (Wildman–Crippen MR) is 74.9 cm³/mol. The molecule has 0 amide bonds. The number of nitrogen functional groups attached to an aromatic ring is 1. The van der Waals surface area contributed by atoms with E-state index in [9.17, 15) is 0 Å². The van der Waals surface area contributed by atoms with E-state index in [1.807, 2.05) is 36.4 Å². The lowest BCUT2D eigenvalue weighted by Crippen LogP contribution is -2.14. The first-order valence-corrected chi connectivity index (χ1v) is 5.92. The molecule has 0 saturated carbocycles. The smallest absolute Gasteiger partial charge is 0.153 e. The van der Waals surface area contributed by atoms with Crippen LogP contribution in [0.3, 0.4) is 0 Å². The minimum absolute atomic E-state index is 0.0166. The highest BCUT2D eigenvalue weighted by Crippen LogP contribution is 2.21. The molecule has 4 heteroatoms. The van der Waals surface area contributed by atoms with Crippen LogP contribution in [0.1, 0.15) is 26.5 Å². The molecule has 0 aliphatic heterocycles. The zero-order valence-corrected chi connectivity index (χ0v) is 10.9. The van der Waals surface area contributed by atoms with Crippen molar-refractivity contribution in [2.45, 2.75) is 26.2 Å². The predicted octanol–water partition coefficient (Wildman–Crippen LogP) is 3.10. The number of aromatic nitrogens is 2. The first-order chi connectivity index (χ1) is 8.45. The molecule has 0 saturated heterocycles. The minimum atomic E-state index is 0.0166. The van der Waals surface area contributed by atoms with Gasteiger partial charge < -0.3 is 11.1 Å². The lowest BCUT2D eigenvalue weighted by molar-refractivity contribution is 0.559. The summed E-state index contributed by atoms with van der Waals surface area (Å²) in [6, 6.07) is 11.5. The van der Waals surface area contributed by atoms with Crippen LogP contribution in [0.25, 0.3) is 0 Å². The summed E-state index contributed by atoms with van der Waals surface area (Å²) in [6.07, 6.45) is 0. The summed E-state index contributed by atoms with van der Waals surface area (Å²) in [5.74, 6) is 0.716. The van der Waals surface area contributed by atoms with E-state index in [0.29, 0.717) is 5.82 Å². The van der Waals surface area contributed by atoms with Crippen LogP contribution in [0, 0.1) is 0 Å². The SMILES string of the molecule is CC(C)(C)c1ccc(Nc2cccc(N)c2)nn1. The number of nitrogens with one attached hydrogen (secondary N) is 1. The topological polar surface area (TPSA) is 63.8 Å². The van der Waals surface area contributed by atoms with E-state index in [4.69, 9.17) is 5.73 Å². The molecule has 1 heterocycles. The van der Waals surface area contributed by atoms with Gasteiger partial charge >= 0.3 is 0 Å². The van der Waals surface area contributed by atoms with Gasteiger partial charge in [0, 0.05) is 16.8 Å². The quantitative estimate of drug-likeness (QED) is 0.794. The number of hydrogen-bond acceptors (Lipinski definition) is 4. The molecule has 0 radical (unpaired) electrons. The summed E-state index contributed by atoms with van der Waals surface area (Å²) in [7, 11) is 0. The van der Waals surface area contributed by atoms with Crippen LogP contribution in [0.2, 0.25) is 0 Å². The third-order valence-corrected chi connectivity index (χ3v) is 2.59. The maximum absolute atomic E-state index is 5.72. The first kappa shape index (κ1) is 12.4. The zero-order valence-electron chi connectivity index (χ0n) is 10.9. The van der Waals surface area contributed by atoms with Gasteiger partial charge in [-0.1, -0.05) is 26.8 Å². The zero-order chi connectivity index (χ0) is 13.2. The van der Waals surface area contributed by atoms with E-state index in [0.717, 1.165) is 17.1 Å². The van der Waals surface area contributed by atoms with Gasteiger partial charge in [0.25, 0.3) is 0 Å². The largest absolute Gasteiger partial charge is 0.399 e. The van der Waals surface area contributed by atoms with Crippen LogP contribution in [0.5, 0.6) is 0 Å². The van der Waals surface area contributed by atoms with Gasteiger partial charge in [-0.3, -0.25) is 0 Å². The van der Waals surface area contributed by atoms with Crippen LogP contribution in [0.4, 0.5) is 17.2 Å². The molecule has 94 valence electrons. The van der Waals surface area contributed by atoms with Gasteiger partial charge in [-0.05, 0) is 30.3 Å². The summed E-state index contributed by atoms with van der Waals surface area (Å²) in [5, 5.41) is 11.6. The Morgan fingerprint density at radius 1 is 1.06 bits per heavy atom. The van der Waals surface area contributed by atoms with Crippen LogP contribution in [-0.4, -0.2) is 10.2 Å². The van der Waals surface area contributed by atoms with Gasteiger partial charge in [0.2, 0.25) is 0 Å². The second-order valence-corrected chi connectivity index (χ2v) is 5.30. The van der Waals surface area contributed by atoms with E-state index in [-0.39, 0.29) is 5.41 Å². The molecule has 0 bridgehead atoms. The van der Waals surface area contributed by atoms with Crippen molar-refractivity contribution in [1.82, 2.24) is 10.2 Å². The average Bonchev–Trinajstić information content (AvgIpc) is 2.28. The van der Waals surface area contributed by atoms with E-state index in [2.05, 4.69) is 36.3 Å². The Morgan fingerprint density at radius 3 is 2.39 bits per heavy atom. The molecule has 0 aliphatic carbocycles. The van der Waals surface area contributed by atoms with Gasteiger partial charge in [0.1, 0.15) is 0 Å². The molecular weight excluding hydrogens is 224 g/mol. The van der Waals surface area contributed by atoms with E-state index in [1.54, 1.807) is 0 Å². The molecule has 2 rings (SSSR count). The van der Waals surface area contributed by atoms with Crippen molar-refractivity contribution in [1.29, 1.82) is 0 Å². The molecule has 0 fully saturated rings. The number of hydrogen-bond donors (Lipinski definition) is 2. The molecule has 1 aromatic heterocycles. The molecule has 4 nitrogen and oxygen atoms in total. The van der Waals surface area contributed by atoms with Crippen LogP contribution >= 0.6 is 0 Å². The lowest BCUT2D eigenvalue weighted by atomic mass is 9.92. The second-order valence-electron chi connectivity index (χ2n) is 5.30. The number of benzene rings is 1. The Morgan fingerprint density at radius 2 is 1.83 bits per heavy atom. The van der Waals surface area contributed by atoms with Crippen molar-refractivity contribution >= 4 is 17.2 Å². The van der Waals surface area contributed by atoms with Crippen LogP contribution in [0.15, 0.2) is 36.4 Å². The number of nitrogens with zero attached hydrogens (tertiary/aromatic N) is 2. The highest BCUT2D eigenvalue weighted by Gasteiger charge is 2.15. The number of rotatable bonds is 2. The Kier molecular flexibility index (Phi) is 3.19. The molecule has 0 aliphatic rings. The van der Waals surface area contributed by atoms with E-state index < -0.39 is 0 Å². The van der Waals surface area contributed by atoms with Gasteiger partial charge in [-0.25, -0.2) is 0 Å². The molecule has 3 N–H and O–H groups in total. The molecule has 2 aromatic rings. The second kappa shape index (κ2) is 4.64. The Bertz CT molecular complexity index is 526. The highest BCUT2D eigenvalue weighted by atomic mass is 15.2. The Hall–Kier alpha value is -2.10. The summed E-state index contributed by atoms with van der Waals surface area (Å²) in [6.45, 7) is 6.34. The van der Waals surface area contributed by atoms with Gasteiger partial charge in [0.05, 0.1) is 5.69 Å². The monoisotopic (exact) mass is 242 g/mol. The van der Waals surface area contributed by atoms with Crippen molar-refractivity contribution in [3.05, 3.63) is 42.1 Å². The third kappa shape index (κ3) is 2.97. The van der Waals surface area contributed by atoms with E-state index in [1.165, 1.54) is 0 Å².